The largest absolute Gasteiger partial charge is 0.357 e. The number of aryl methyl sites for hydroxylation is 1. The monoisotopic (exact) mass is 422 g/mol. The van der Waals surface area contributed by atoms with Crippen molar-refractivity contribution in [2.75, 3.05) is 13.1 Å². The van der Waals surface area contributed by atoms with Crippen LogP contribution in [0.15, 0.2) is 60.0 Å². The Bertz CT molecular complexity index is 1020. The molecule has 2 aromatic heterocycles. The number of rotatable bonds is 7. The number of aromatic nitrogens is 3. The maximum atomic E-state index is 6.19. The highest BCUT2D eigenvalue weighted by Crippen LogP contribution is 2.48. The van der Waals surface area contributed by atoms with E-state index in [1.165, 1.54) is 18.4 Å². The Balaban J connectivity index is 1.40. The van der Waals surface area contributed by atoms with Crippen LogP contribution in [-0.4, -0.2) is 33.6 Å². The molecule has 0 unspecified atom stereocenters. The van der Waals surface area contributed by atoms with Crippen molar-refractivity contribution in [2.24, 2.45) is 4.99 Å². The number of hydrogen-bond acceptors (Lipinski definition) is 3. The van der Waals surface area contributed by atoms with Gasteiger partial charge in [-0.15, -0.1) is 0 Å². The van der Waals surface area contributed by atoms with E-state index in [9.17, 15) is 0 Å². The van der Waals surface area contributed by atoms with Gasteiger partial charge in [0.05, 0.1) is 6.54 Å². The molecule has 2 N–H and O–H groups in total. The lowest BCUT2D eigenvalue weighted by Crippen LogP contribution is -2.41. The molecule has 1 aromatic carbocycles. The van der Waals surface area contributed by atoms with Crippen LogP contribution in [0.5, 0.6) is 0 Å². The van der Waals surface area contributed by atoms with Gasteiger partial charge in [0, 0.05) is 42.1 Å². The molecule has 0 radical (unpaired) electrons. The van der Waals surface area contributed by atoms with Gasteiger partial charge in [0.2, 0.25) is 0 Å². The molecule has 2 heterocycles. The van der Waals surface area contributed by atoms with E-state index in [1.807, 2.05) is 42.1 Å². The van der Waals surface area contributed by atoms with Crippen LogP contribution in [0.4, 0.5) is 0 Å². The van der Waals surface area contributed by atoms with E-state index in [-0.39, 0.29) is 5.41 Å². The summed E-state index contributed by atoms with van der Waals surface area (Å²) < 4.78 is 1.96. The van der Waals surface area contributed by atoms with Crippen LogP contribution in [0.1, 0.15) is 36.7 Å². The zero-order valence-corrected chi connectivity index (χ0v) is 18.2. The first kappa shape index (κ1) is 20.4. The molecular weight excluding hydrogens is 396 g/mol. The second-order valence-electron chi connectivity index (χ2n) is 7.71. The molecule has 0 saturated heterocycles. The maximum absolute atomic E-state index is 6.19. The predicted molar refractivity (Wildman–Crippen MR) is 121 cm³/mol. The van der Waals surface area contributed by atoms with E-state index in [4.69, 9.17) is 16.6 Å². The topological polar surface area (TPSA) is 67.1 Å². The Morgan fingerprint density at radius 1 is 1.20 bits per heavy atom. The highest BCUT2D eigenvalue weighted by Gasteiger charge is 2.44. The number of hydrogen-bond donors (Lipinski definition) is 2. The minimum absolute atomic E-state index is 0.160. The van der Waals surface area contributed by atoms with Crippen molar-refractivity contribution in [3.63, 3.8) is 0 Å². The third-order valence-corrected chi connectivity index (χ3v) is 5.77. The van der Waals surface area contributed by atoms with E-state index in [0.717, 1.165) is 41.3 Å². The first-order valence-corrected chi connectivity index (χ1v) is 10.7. The summed E-state index contributed by atoms with van der Waals surface area (Å²) in [5.74, 6) is 2.60. The molecule has 30 heavy (non-hydrogen) atoms. The lowest BCUT2D eigenvalue weighted by molar-refractivity contribution is 0.646. The van der Waals surface area contributed by atoms with Gasteiger partial charge in [0.25, 0.3) is 0 Å². The SMILES string of the molecule is CCNC(=NCc1ccc(-n2ccnc2C)nc1)NCC1(c2cccc(Cl)c2)CC1. The second-order valence-corrected chi connectivity index (χ2v) is 8.14. The molecule has 1 fully saturated rings. The third-order valence-electron chi connectivity index (χ3n) is 5.53. The average molecular weight is 423 g/mol. The quantitative estimate of drug-likeness (QED) is 0.446. The smallest absolute Gasteiger partial charge is 0.191 e. The Hall–Kier alpha value is -2.86. The van der Waals surface area contributed by atoms with Crippen molar-refractivity contribution in [1.82, 2.24) is 25.2 Å². The van der Waals surface area contributed by atoms with Gasteiger partial charge >= 0.3 is 0 Å². The number of pyridine rings is 1. The highest BCUT2D eigenvalue weighted by molar-refractivity contribution is 6.30. The fourth-order valence-electron chi connectivity index (χ4n) is 3.57. The van der Waals surface area contributed by atoms with E-state index >= 15 is 0 Å². The van der Waals surface area contributed by atoms with Gasteiger partial charge in [-0.25, -0.2) is 15.0 Å². The number of halogens is 1. The van der Waals surface area contributed by atoms with Crippen LogP contribution in [0, 0.1) is 6.92 Å². The molecule has 156 valence electrons. The van der Waals surface area contributed by atoms with Crippen molar-refractivity contribution in [2.45, 2.75) is 38.6 Å². The molecule has 1 saturated carbocycles. The van der Waals surface area contributed by atoms with E-state index in [2.05, 4.69) is 45.7 Å². The van der Waals surface area contributed by atoms with Crippen LogP contribution in [0.2, 0.25) is 5.02 Å². The van der Waals surface area contributed by atoms with Gasteiger partial charge in [-0.3, -0.25) is 4.57 Å². The summed E-state index contributed by atoms with van der Waals surface area (Å²) in [4.78, 5) is 13.5. The molecule has 3 aromatic rings. The Kier molecular flexibility index (Phi) is 6.04. The minimum atomic E-state index is 0.160. The lowest BCUT2D eigenvalue weighted by atomic mass is 9.96. The van der Waals surface area contributed by atoms with Crippen molar-refractivity contribution >= 4 is 17.6 Å². The summed E-state index contributed by atoms with van der Waals surface area (Å²) >= 11 is 6.19. The number of aliphatic imine (C=N–C) groups is 1. The lowest BCUT2D eigenvalue weighted by Gasteiger charge is -2.19. The molecule has 7 heteroatoms. The number of nitrogens with zero attached hydrogens (tertiary/aromatic N) is 4. The number of imidazole rings is 1. The van der Waals surface area contributed by atoms with Crippen LogP contribution < -0.4 is 10.6 Å². The molecule has 0 bridgehead atoms. The fourth-order valence-corrected chi connectivity index (χ4v) is 3.76. The standard InChI is InChI=1S/C23H27ClN6/c1-3-25-22(29-16-23(9-10-23)19-5-4-6-20(24)13-19)28-15-18-7-8-21(27-14-18)30-12-11-26-17(30)2/h4-8,11-14H,3,9-10,15-16H2,1-2H3,(H2,25,28,29). The van der Waals surface area contributed by atoms with Gasteiger partial charge in [-0.1, -0.05) is 29.8 Å². The second kappa shape index (κ2) is 8.88. The predicted octanol–water partition coefficient (Wildman–Crippen LogP) is 4.02. The summed E-state index contributed by atoms with van der Waals surface area (Å²) in [6.45, 7) is 6.26. The normalized spacial score (nSPS) is 15.1. The van der Waals surface area contributed by atoms with E-state index in [0.29, 0.717) is 6.54 Å². The summed E-state index contributed by atoms with van der Waals surface area (Å²) in [5.41, 5.74) is 2.52. The number of guanidine groups is 1. The average Bonchev–Trinajstić information content (AvgIpc) is 3.44. The molecule has 1 aliphatic carbocycles. The molecule has 0 aliphatic heterocycles. The van der Waals surface area contributed by atoms with Crippen LogP contribution in [-0.2, 0) is 12.0 Å². The Morgan fingerprint density at radius 2 is 2.07 bits per heavy atom. The zero-order chi connectivity index (χ0) is 21.0. The molecule has 1 aliphatic rings. The summed E-state index contributed by atoms with van der Waals surface area (Å²) in [6.07, 6.45) is 7.89. The third kappa shape index (κ3) is 4.65. The molecule has 0 amide bonds. The Labute approximate surface area is 182 Å². The molecule has 4 rings (SSSR count). The molecule has 0 spiro atoms. The molecule has 6 nitrogen and oxygen atoms in total. The van der Waals surface area contributed by atoms with E-state index < -0.39 is 0 Å². The van der Waals surface area contributed by atoms with Gasteiger partial charge < -0.3 is 10.6 Å². The zero-order valence-electron chi connectivity index (χ0n) is 17.4. The van der Waals surface area contributed by atoms with Crippen molar-refractivity contribution in [3.05, 3.63) is 77.0 Å². The molecule has 0 atom stereocenters. The van der Waals surface area contributed by atoms with Crippen LogP contribution in [0.25, 0.3) is 5.82 Å². The fraction of sp³-hybridized carbons (Fsp3) is 0.348. The van der Waals surface area contributed by atoms with Crippen LogP contribution >= 0.6 is 11.6 Å². The van der Waals surface area contributed by atoms with Gasteiger partial charge in [-0.05, 0) is 56.0 Å². The first-order valence-electron chi connectivity index (χ1n) is 10.3. The minimum Gasteiger partial charge on any atom is -0.357 e. The molecular formula is C23H27ClN6. The summed E-state index contributed by atoms with van der Waals surface area (Å²) in [7, 11) is 0. The maximum Gasteiger partial charge on any atom is 0.191 e. The van der Waals surface area contributed by atoms with Gasteiger partial charge in [-0.2, -0.15) is 0 Å². The van der Waals surface area contributed by atoms with Gasteiger partial charge in [0.1, 0.15) is 11.6 Å². The number of benzene rings is 1. The number of nitrogens with one attached hydrogen (secondary N) is 2. The summed E-state index contributed by atoms with van der Waals surface area (Å²) in [5, 5.41) is 7.65. The highest BCUT2D eigenvalue weighted by atomic mass is 35.5. The van der Waals surface area contributed by atoms with Gasteiger partial charge in [0.15, 0.2) is 5.96 Å². The van der Waals surface area contributed by atoms with Crippen molar-refractivity contribution in [1.29, 1.82) is 0 Å². The van der Waals surface area contributed by atoms with Crippen molar-refractivity contribution in [3.8, 4) is 5.82 Å². The van der Waals surface area contributed by atoms with Crippen LogP contribution in [0.3, 0.4) is 0 Å². The van der Waals surface area contributed by atoms with Crippen molar-refractivity contribution < 1.29 is 0 Å². The summed E-state index contributed by atoms with van der Waals surface area (Å²) in [6, 6.07) is 12.3. The first-order chi connectivity index (χ1) is 14.6. The Morgan fingerprint density at radius 3 is 2.70 bits per heavy atom. The van der Waals surface area contributed by atoms with E-state index in [1.54, 1.807) is 6.20 Å².